The summed E-state index contributed by atoms with van der Waals surface area (Å²) in [6.45, 7) is 23.4. The Morgan fingerprint density at radius 1 is 1.15 bits per heavy atom. The van der Waals surface area contributed by atoms with Crippen molar-refractivity contribution in [3.05, 3.63) is 11.9 Å². The van der Waals surface area contributed by atoms with Crippen LogP contribution in [-0.2, 0) is 20.3 Å². The Morgan fingerprint density at radius 2 is 1.69 bits per heavy atom. The van der Waals surface area contributed by atoms with E-state index < -0.39 is 8.32 Å². The lowest BCUT2D eigenvalue weighted by Gasteiger charge is -2.36. The van der Waals surface area contributed by atoms with Crippen LogP contribution in [0.2, 0.25) is 18.1 Å². The molecule has 1 fully saturated rings. The lowest BCUT2D eigenvalue weighted by atomic mass is 9.79. The van der Waals surface area contributed by atoms with Gasteiger partial charge in [0.05, 0.1) is 11.2 Å². The van der Waals surface area contributed by atoms with Crippen molar-refractivity contribution < 1.29 is 13.7 Å². The van der Waals surface area contributed by atoms with Gasteiger partial charge in [-0.1, -0.05) is 20.8 Å². The average Bonchev–Trinajstić information content (AvgIpc) is 2.91. The minimum Gasteiger partial charge on any atom is -0.417 e. The van der Waals surface area contributed by atoms with Crippen LogP contribution in [0.5, 0.6) is 0 Å². The maximum Gasteiger partial charge on any atom is 0.498 e. The molecule has 0 aromatic carbocycles. The van der Waals surface area contributed by atoms with Crippen LogP contribution in [0.15, 0.2) is 6.20 Å². The molecular formula is C19H37BN2O3Si. The topological polar surface area (TPSA) is 45.5 Å². The van der Waals surface area contributed by atoms with Gasteiger partial charge < -0.3 is 13.7 Å². The molecule has 0 bridgehead atoms. The first kappa shape index (κ1) is 21.7. The zero-order valence-corrected chi connectivity index (χ0v) is 19.4. The number of aryl methyl sites for hydroxylation is 1. The highest BCUT2D eigenvalue weighted by Gasteiger charge is 2.52. The second-order valence-corrected chi connectivity index (χ2v) is 14.8. The predicted molar refractivity (Wildman–Crippen MR) is 110 cm³/mol. The van der Waals surface area contributed by atoms with Crippen LogP contribution in [0.25, 0.3) is 0 Å². The first-order valence-electron chi connectivity index (χ1n) is 9.70. The summed E-state index contributed by atoms with van der Waals surface area (Å²) in [5, 5.41) is 4.80. The van der Waals surface area contributed by atoms with E-state index in [2.05, 4.69) is 73.6 Å². The fourth-order valence-corrected chi connectivity index (χ4v) is 3.73. The smallest absolute Gasteiger partial charge is 0.417 e. The summed E-state index contributed by atoms with van der Waals surface area (Å²) in [6, 6.07) is 0. The standard InChI is InChI=1S/C19H37BN2O3Si/c1-15-16(20-24-18(5,6)19(7,8)25-20)14-21-22(15)12-11-13-23-26(9,10)17(2,3)4/h14H,11-13H2,1-10H3. The van der Waals surface area contributed by atoms with Crippen LogP contribution in [0.1, 0.15) is 60.6 Å². The fourth-order valence-electron chi connectivity index (χ4n) is 2.65. The lowest BCUT2D eigenvalue weighted by Crippen LogP contribution is -2.41. The van der Waals surface area contributed by atoms with E-state index in [4.69, 9.17) is 13.7 Å². The van der Waals surface area contributed by atoms with E-state index in [1.807, 2.05) is 10.9 Å². The van der Waals surface area contributed by atoms with Gasteiger partial charge in [0.2, 0.25) is 0 Å². The molecule has 2 heterocycles. The summed E-state index contributed by atoms with van der Waals surface area (Å²) < 4.78 is 20.6. The van der Waals surface area contributed by atoms with Crippen LogP contribution in [0.3, 0.4) is 0 Å². The van der Waals surface area contributed by atoms with Gasteiger partial charge in [-0.15, -0.1) is 0 Å². The highest BCUT2D eigenvalue weighted by molar-refractivity contribution is 6.74. The molecule has 0 atom stereocenters. The van der Waals surface area contributed by atoms with E-state index in [9.17, 15) is 0 Å². The quantitative estimate of drug-likeness (QED) is 0.555. The number of aromatic nitrogens is 2. The van der Waals surface area contributed by atoms with E-state index in [1.54, 1.807) is 0 Å². The van der Waals surface area contributed by atoms with E-state index >= 15 is 0 Å². The molecule has 2 rings (SSSR count). The monoisotopic (exact) mass is 380 g/mol. The Kier molecular flexibility index (Phi) is 5.90. The van der Waals surface area contributed by atoms with Crippen molar-refractivity contribution in [2.45, 2.75) is 97.7 Å². The van der Waals surface area contributed by atoms with Gasteiger partial charge in [-0.3, -0.25) is 4.68 Å². The third-order valence-electron chi connectivity index (χ3n) is 6.43. The summed E-state index contributed by atoms with van der Waals surface area (Å²) in [7, 11) is -2.02. The van der Waals surface area contributed by atoms with E-state index in [1.165, 1.54) is 0 Å². The summed E-state index contributed by atoms with van der Waals surface area (Å²) in [6.07, 6.45) is 2.84. The maximum absolute atomic E-state index is 6.27. The van der Waals surface area contributed by atoms with Crippen molar-refractivity contribution in [2.75, 3.05) is 6.61 Å². The highest BCUT2D eigenvalue weighted by atomic mass is 28.4. The molecule has 26 heavy (non-hydrogen) atoms. The second-order valence-electron chi connectivity index (χ2n) is 9.96. The van der Waals surface area contributed by atoms with Crippen molar-refractivity contribution in [3.8, 4) is 0 Å². The Labute approximate surface area is 161 Å². The molecule has 1 aromatic heterocycles. The van der Waals surface area contributed by atoms with Gasteiger partial charge in [0.1, 0.15) is 0 Å². The second kappa shape index (κ2) is 7.08. The van der Waals surface area contributed by atoms with Crippen molar-refractivity contribution in [1.29, 1.82) is 0 Å². The largest absolute Gasteiger partial charge is 0.498 e. The van der Waals surface area contributed by atoms with Gasteiger partial charge in [0.25, 0.3) is 0 Å². The van der Waals surface area contributed by atoms with Crippen LogP contribution < -0.4 is 5.46 Å². The fraction of sp³-hybridized carbons (Fsp3) is 0.842. The van der Waals surface area contributed by atoms with E-state index in [0.717, 1.165) is 30.7 Å². The molecule has 0 N–H and O–H groups in total. The minimum absolute atomic E-state index is 0.249. The third-order valence-corrected chi connectivity index (χ3v) is 11.0. The van der Waals surface area contributed by atoms with Crippen molar-refractivity contribution in [2.24, 2.45) is 0 Å². The van der Waals surface area contributed by atoms with Crippen LogP contribution in [-0.4, -0.2) is 43.0 Å². The molecule has 1 saturated heterocycles. The molecule has 0 amide bonds. The van der Waals surface area contributed by atoms with Crippen LogP contribution >= 0.6 is 0 Å². The van der Waals surface area contributed by atoms with Gasteiger partial charge in [-0.25, -0.2) is 0 Å². The summed E-state index contributed by atoms with van der Waals surface area (Å²) >= 11 is 0. The molecule has 0 radical (unpaired) electrons. The first-order chi connectivity index (χ1) is 11.7. The molecule has 0 spiro atoms. The molecule has 1 aliphatic heterocycles. The van der Waals surface area contributed by atoms with Gasteiger partial charge in [0.15, 0.2) is 8.32 Å². The van der Waals surface area contributed by atoms with Gasteiger partial charge >= 0.3 is 7.12 Å². The molecular weight excluding hydrogens is 343 g/mol. The molecule has 5 nitrogen and oxygen atoms in total. The van der Waals surface area contributed by atoms with Crippen molar-refractivity contribution in [3.63, 3.8) is 0 Å². The molecule has 0 unspecified atom stereocenters. The zero-order valence-electron chi connectivity index (χ0n) is 18.4. The Balaban J connectivity index is 1.94. The Bertz CT molecular complexity index is 619. The van der Waals surface area contributed by atoms with E-state index in [0.29, 0.717) is 0 Å². The Morgan fingerprint density at radius 3 is 2.19 bits per heavy atom. The van der Waals surface area contributed by atoms with Gasteiger partial charge in [-0.05, 0) is 59.2 Å². The predicted octanol–water partition coefficient (Wildman–Crippen LogP) is 3.90. The van der Waals surface area contributed by atoms with Crippen LogP contribution in [0.4, 0.5) is 0 Å². The number of hydrogen-bond donors (Lipinski definition) is 0. The molecule has 1 aromatic rings. The van der Waals surface area contributed by atoms with Crippen LogP contribution in [0, 0.1) is 6.92 Å². The minimum atomic E-state index is -1.67. The normalized spacial score (nSPS) is 20.0. The first-order valence-corrected chi connectivity index (χ1v) is 12.6. The maximum atomic E-state index is 6.27. The molecule has 0 aliphatic carbocycles. The summed E-state index contributed by atoms with van der Waals surface area (Å²) in [5.74, 6) is 0. The SMILES string of the molecule is Cc1c(B2OC(C)(C)C(C)(C)O2)cnn1CCCO[Si](C)(C)C(C)(C)C. The van der Waals surface area contributed by atoms with Crippen molar-refractivity contribution in [1.82, 2.24) is 9.78 Å². The number of hydrogen-bond acceptors (Lipinski definition) is 4. The van der Waals surface area contributed by atoms with Gasteiger partial charge in [0, 0.05) is 30.5 Å². The Hall–Kier alpha value is -0.628. The van der Waals surface area contributed by atoms with Gasteiger partial charge in [-0.2, -0.15) is 5.10 Å². The van der Waals surface area contributed by atoms with Crippen molar-refractivity contribution >= 4 is 20.9 Å². The van der Waals surface area contributed by atoms with E-state index in [-0.39, 0.29) is 23.4 Å². The average molecular weight is 380 g/mol. The number of nitrogens with zero attached hydrogens (tertiary/aromatic N) is 2. The highest BCUT2D eigenvalue weighted by Crippen LogP contribution is 2.37. The summed E-state index contributed by atoms with van der Waals surface area (Å²) in [4.78, 5) is 0. The summed E-state index contributed by atoms with van der Waals surface area (Å²) in [5.41, 5.74) is 1.47. The molecule has 7 heteroatoms. The zero-order chi connectivity index (χ0) is 20.0. The number of rotatable bonds is 6. The molecule has 0 saturated carbocycles. The lowest BCUT2D eigenvalue weighted by molar-refractivity contribution is 0.00578. The molecule has 148 valence electrons. The third kappa shape index (κ3) is 4.26. The molecule has 1 aliphatic rings.